The number of hydrogen-bond donors (Lipinski definition) is 2. The molecule has 2 N–H and O–H groups in total. The van der Waals surface area contributed by atoms with E-state index in [1.165, 1.54) is 11.1 Å². The average Bonchev–Trinajstić information content (AvgIpc) is 2.66. The van der Waals surface area contributed by atoms with Crippen LogP contribution in [0.4, 0.5) is 0 Å². The van der Waals surface area contributed by atoms with Crippen molar-refractivity contribution in [1.82, 2.24) is 10.2 Å². The third-order valence-electron chi connectivity index (χ3n) is 2.89. The van der Waals surface area contributed by atoms with Gasteiger partial charge in [0.15, 0.2) is 0 Å². The molecule has 96 valence electrons. The number of aliphatic hydroxyl groups is 1. The van der Waals surface area contributed by atoms with E-state index in [9.17, 15) is 5.11 Å². The van der Waals surface area contributed by atoms with Crippen LogP contribution in [-0.4, -0.2) is 15.3 Å². The first-order valence-corrected chi connectivity index (χ1v) is 5.95. The number of nitrogens with one attached hydrogen (secondary N) is 1. The summed E-state index contributed by atoms with van der Waals surface area (Å²) in [5.74, 6) is 0.831. The maximum absolute atomic E-state index is 9.26. The Bertz CT molecular complexity index is 526. The smallest absolute Gasteiger partial charge is 0.132 e. The fraction of sp³-hybridized carbons (Fsp3) is 0.357. The molecule has 18 heavy (non-hydrogen) atoms. The molecule has 0 spiro atoms. The van der Waals surface area contributed by atoms with Gasteiger partial charge in [0.1, 0.15) is 18.1 Å². The Morgan fingerprint density at radius 1 is 1.17 bits per heavy atom. The number of nitrogens with zero attached hydrogens (tertiary/aromatic N) is 1. The summed E-state index contributed by atoms with van der Waals surface area (Å²) in [7, 11) is 0. The third-order valence-corrected chi connectivity index (χ3v) is 2.89. The molecule has 0 saturated heterocycles. The predicted octanol–water partition coefficient (Wildman–Crippen LogP) is 2.41. The summed E-state index contributed by atoms with van der Waals surface area (Å²) in [4.78, 5) is 0. The van der Waals surface area contributed by atoms with Gasteiger partial charge in [-0.1, -0.05) is 6.07 Å². The normalized spacial score (nSPS) is 10.7. The largest absolute Gasteiger partial charge is 0.487 e. The summed E-state index contributed by atoms with van der Waals surface area (Å²) in [6.45, 7) is 6.31. The number of rotatable bonds is 4. The Morgan fingerprint density at radius 3 is 2.44 bits per heavy atom. The van der Waals surface area contributed by atoms with Crippen molar-refractivity contribution in [2.24, 2.45) is 0 Å². The van der Waals surface area contributed by atoms with E-state index in [1.54, 1.807) is 0 Å². The summed E-state index contributed by atoms with van der Waals surface area (Å²) in [5, 5.41) is 16.3. The van der Waals surface area contributed by atoms with E-state index >= 15 is 0 Å². The molecule has 0 aliphatic carbocycles. The zero-order chi connectivity index (χ0) is 13.1. The zero-order valence-corrected chi connectivity index (χ0v) is 10.9. The minimum Gasteiger partial charge on any atom is -0.487 e. The maximum Gasteiger partial charge on any atom is 0.132 e. The molecule has 0 unspecified atom stereocenters. The summed E-state index contributed by atoms with van der Waals surface area (Å²) in [6, 6.07) is 6.08. The van der Waals surface area contributed by atoms with E-state index in [0.29, 0.717) is 6.61 Å². The number of H-pyrrole nitrogens is 1. The minimum atomic E-state index is -0.0200. The second-order valence-electron chi connectivity index (χ2n) is 4.54. The van der Waals surface area contributed by atoms with E-state index in [1.807, 2.05) is 32.9 Å². The molecule has 0 saturated carbocycles. The van der Waals surface area contributed by atoms with Crippen molar-refractivity contribution in [3.63, 3.8) is 0 Å². The molecule has 1 heterocycles. The molecule has 0 atom stereocenters. The van der Waals surface area contributed by atoms with E-state index < -0.39 is 0 Å². The van der Waals surface area contributed by atoms with Crippen LogP contribution in [0.3, 0.4) is 0 Å². The first-order chi connectivity index (χ1) is 8.60. The third kappa shape index (κ3) is 2.71. The minimum absolute atomic E-state index is 0.0200. The number of aliphatic hydroxyl groups excluding tert-OH is 1. The lowest BCUT2D eigenvalue weighted by Crippen LogP contribution is -2.00. The molecule has 4 heteroatoms. The SMILES string of the molecule is Cc1cc(C)cc(OCc2n[nH]c(C)c2CO)c1. The number of hydrogen-bond acceptors (Lipinski definition) is 3. The van der Waals surface area contributed by atoms with Crippen LogP contribution < -0.4 is 4.74 Å². The van der Waals surface area contributed by atoms with E-state index in [-0.39, 0.29) is 6.61 Å². The fourth-order valence-corrected chi connectivity index (χ4v) is 2.00. The van der Waals surface area contributed by atoms with Gasteiger partial charge in [-0.25, -0.2) is 0 Å². The molecule has 0 radical (unpaired) electrons. The zero-order valence-electron chi connectivity index (χ0n) is 10.9. The van der Waals surface area contributed by atoms with Crippen molar-refractivity contribution in [2.75, 3.05) is 0 Å². The monoisotopic (exact) mass is 246 g/mol. The standard InChI is InChI=1S/C14H18N2O2/c1-9-4-10(2)6-12(5-9)18-8-14-13(7-17)11(3)15-16-14/h4-6,17H,7-8H2,1-3H3,(H,15,16). The Labute approximate surface area is 107 Å². The number of benzene rings is 1. The molecule has 0 bridgehead atoms. The van der Waals surface area contributed by atoms with Gasteiger partial charge >= 0.3 is 0 Å². The first kappa shape index (κ1) is 12.6. The van der Waals surface area contributed by atoms with Crippen molar-refractivity contribution in [2.45, 2.75) is 34.0 Å². The molecule has 0 amide bonds. The number of aromatic amines is 1. The highest BCUT2D eigenvalue weighted by molar-refractivity contribution is 5.33. The highest BCUT2D eigenvalue weighted by atomic mass is 16.5. The molecule has 1 aromatic heterocycles. The topological polar surface area (TPSA) is 58.1 Å². The second kappa shape index (κ2) is 5.23. The van der Waals surface area contributed by atoms with Gasteiger partial charge in [-0.05, 0) is 44.0 Å². The molecule has 0 aliphatic heterocycles. The van der Waals surface area contributed by atoms with Gasteiger partial charge in [0.05, 0.1) is 6.61 Å². The van der Waals surface area contributed by atoms with Crippen LogP contribution in [0.1, 0.15) is 28.1 Å². The van der Waals surface area contributed by atoms with Gasteiger partial charge in [0.2, 0.25) is 0 Å². The van der Waals surface area contributed by atoms with Gasteiger partial charge < -0.3 is 9.84 Å². The second-order valence-corrected chi connectivity index (χ2v) is 4.54. The van der Waals surface area contributed by atoms with Gasteiger partial charge in [-0.3, -0.25) is 5.10 Å². The lowest BCUT2D eigenvalue weighted by atomic mass is 10.1. The molecule has 4 nitrogen and oxygen atoms in total. The van der Waals surface area contributed by atoms with E-state index in [4.69, 9.17) is 4.74 Å². The Balaban J connectivity index is 2.11. The lowest BCUT2D eigenvalue weighted by Gasteiger charge is -2.07. The molecular weight excluding hydrogens is 228 g/mol. The Morgan fingerprint density at radius 2 is 1.83 bits per heavy atom. The van der Waals surface area contributed by atoms with E-state index in [0.717, 1.165) is 22.7 Å². The lowest BCUT2D eigenvalue weighted by molar-refractivity contribution is 0.267. The van der Waals surface area contributed by atoms with Crippen LogP contribution in [0.25, 0.3) is 0 Å². The Kier molecular flexibility index (Phi) is 3.67. The molecule has 1 aromatic carbocycles. The van der Waals surface area contributed by atoms with Crippen molar-refractivity contribution < 1.29 is 9.84 Å². The van der Waals surface area contributed by atoms with Crippen molar-refractivity contribution in [3.8, 4) is 5.75 Å². The maximum atomic E-state index is 9.26. The van der Waals surface area contributed by atoms with Crippen molar-refractivity contribution >= 4 is 0 Å². The van der Waals surface area contributed by atoms with Gasteiger partial charge in [0, 0.05) is 11.3 Å². The number of aryl methyl sites for hydroxylation is 3. The molecule has 2 aromatic rings. The molecule has 2 rings (SSSR count). The van der Waals surface area contributed by atoms with Crippen LogP contribution in [0.15, 0.2) is 18.2 Å². The summed E-state index contributed by atoms with van der Waals surface area (Å²) in [5.41, 5.74) is 4.81. The van der Waals surface area contributed by atoms with Crippen molar-refractivity contribution in [1.29, 1.82) is 0 Å². The van der Waals surface area contributed by atoms with Crippen LogP contribution in [-0.2, 0) is 13.2 Å². The molecule has 0 aliphatic rings. The highest BCUT2D eigenvalue weighted by Gasteiger charge is 2.09. The summed E-state index contributed by atoms with van der Waals surface area (Å²) < 4.78 is 5.72. The van der Waals surface area contributed by atoms with Crippen LogP contribution in [0.5, 0.6) is 5.75 Å². The highest BCUT2D eigenvalue weighted by Crippen LogP contribution is 2.19. The number of ether oxygens (including phenoxy) is 1. The molecular formula is C14H18N2O2. The van der Waals surface area contributed by atoms with E-state index in [2.05, 4.69) is 16.3 Å². The number of aromatic nitrogens is 2. The predicted molar refractivity (Wildman–Crippen MR) is 69.5 cm³/mol. The quantitative estimate of drug-likeness (QED) is 0.871. The fourth-order valence-electron chi connectivity index (χ4n) is 2.00. The van der Waals surface area contributed by atoms with Gasteiger partial charge in [-0.2, -0.15) is 5.10 Å². The van der Waals surface area contributed by atoms with Crippen LogP contribution in [0.2, 0.25) is 0 Å². The average molecular weight is 246 g/mol. The van der Waals surface area contributed by atoms with Crippen molar-refractivity contribution in [3.05, 3.63) is 46.3 Å². The summed E-state index contributed by atoms with van der Waals surface area (Å²) in [6.07, 6.45) is 0. The molecule has 0 fully saturated rings. The summed E-state index contributed by atoms with van der Waals surface area (Å²) >= 11 is 0. The van der Waals surface area contributed by atoms with Gasteiger partial charge in [-0.15, -0.1) is 0 Å². The Hall–Kier alpha value is -1.81. The van der Waals surface area contributed by atoms with Gasteiger partial charge in [0.25, 0.3) is 0 Å². The van der Waals surface area contributed by atoms with Crippen LogP contribution in [0, 0.1) is 20.8 Å². The first-order valence-electron chi connectivity index (χ1n) is 5.95. The van der Waals surface area contributed by atoms with Crippen LogP contribution >= 0.6 is 0 Å².